The van der Waals surface area contributed by atoms with Crippen LogP contribution in [0.15, 0.2) is 12.3 Å². The second-order valence-electron chi connectivity index (χ2n) is 4.03. The molecule has 1 aromatic rings. The SMILES string of the molecule is CC1COCCN1c1nccc(C(=N)N)c1Cl. The lowest BCUT2D eigenvalue weighted by Gasteiger charge is -2.34. The number of morpholine rings is 1. The molecule has 2 heterocycles. The predicted molar refractivity (Wildman–Crippen MR) is 67.9 cm³/mol. The molecule has 92 valence electrons. The molecule has 1 aliphatic rings. The Kier molecular flexibility index (Phi) is 3.49. The summed E-state index contributed by atoms with van der Waals surface area (Å²) in [5.41, 5.74) is 6.00. The number of nitrogens with one attached hydrogen (secondary N) is 1. The Balaban J connectivity index is 2.38. The van der Waals surface area contributed by atoms with Gasteiger partial charge in [0.25, 0.3) is 0 Å². The number of amidine groups is 1. The summed E-state index contributed by atoms with van der Waals surface area (Å²) in [5.74, 6) is 0.634. The van der Waals surface area contributed by atoms with E-state index in [1.165, 1.54) is 0 Å². The van der Waals surface area contributed by atoms with Gasteiger partial charge in [0, 0.05) is 18.3 Å². The number of pyridine rings is 1. The van der Waals surface area contributed by atoms with Crippen molar-refractivity contribution in [2.75, 3.05) is 24.7 Å². The summed E-state index contributed by atoms with van der Waals surface area (Å²) in [7, 11) is 0. The molecule has 6 heteroatoms. The first-order valence-corrected chi connectivity index (χ1v) is 5.82. The lowest BCUT2D eigenvalue weighted by molar-refractivity contribution is 0.0985. The molecule has 17 heavy (non-hydrogen) atoms. The predicted octanol–water partition coefficient (Wildman–Crippen LogP) is 1.24. The summed E-state index contributed by atoms with van der Waals surface area (Å²) in [6.45, 7) is 4.11. The van der Waals surface area contributed by atoms with Gasteiger partial charge in [-0.25, -0.2) is 4.98 Å². The average Bonchev–Trinajstić information content (AvgIpc) is 2.30. The van der Waals surface area contributed by atoms with Crippen molar-refractivity contribution in [2.45, 2.75) is 13.0 Å². The van der Waals surface area contributed by atoms with Crippen molar-refractivity contribution in [3.63, 3.8) is 0 Å². The van der Waals surface area contributed by atoms with Crippen molar-refractivity contribution in [1.29, 1.82) is 5.41 Å². The van der Waals surface area contributed by atoms with Crippen molar-refractivity contribution in [3.8, 4) is 0 Å². The van der Waals surface area contributed by atoms with Crippen LogP contribution in [-0.4, -0.2) is 36.6 Å². The van der Waals surface area contributed by atoms with Crippen LogP contribution in [0.3, 0.4) is 0 Å². The van der Waals surface area contributed by atoms with Crippen molar-refractivity contribution >= 4 is 23.3 Å². The van der Waals surface area contributed by atoms with E-state index in [9.17, 15) is 0 Å². The Morgan fingerprint density at radius 1 is 1.71 bits per heavy atom. The van der Waals surface area contributed by atoms with Crippen LogP contribution in [0.2, 0.25) is 5.02 Å². The molecule has 1 aromatic heterocycles. The summed E-state index contributed by atoms with van der Waals surface area (Å²) in [5, 5.41) is 7.90. The van der Waals surface area contributed by atoms with Crippen LogP contribution in [-0.2, 0) is 4.74 Å². The maximum Gasteiger partial charge on any atom is 0.148 e. The zero-order valence-corrected chi connectivity index (χ0v) is 10.4. The third-order valence-electron chi connectivity index (χ3n) is 2.80. The summed E-state index contributed by atoms with van der Waals surface area (Å²) < 4.78 is 5.37. The number of hydrogen-bond acceptors (Lipinski definition) is 4. The maximum atomic E-state index is 7.46. The van der Waals surface area contributed by atoms with Crippen LogP contribution in [0.25, 0.3) is 0 Å². The van der Waals surface area contributed by atoms with E-state index in [4.69, 9.17) is 27.5 Å². The molecule has 0 aromatic carbocycles. The van der Waals surface area contributed by atoms with Crippen LogP contribution in [0.5, 0.6) is 0 Å². The number of nitrogens with zero attached hydrogens (tertiary/aromatic N) is 2. The summed E-state index contributed by atoms with van der Waals surface area (Å²) >= 11 is 6.24. The fraction of sp³-hybridized carbons (Fsp3) is 0.455. The molecule has 1 aliphatic heterocycles. The number of ether oxygens (including phenoxy) is 1. The molecule has 0 spiro atoms. The van der Waals surface area contributed by atoms with Gasteiger partial charge in [-0.2, -0.15) is 0 Å². The van der Waals surface area contributed by atoms with E-state index in [0.717, 1.165) is 6.54 Å². The van der Waals surface area contributed by atoms with E-state index in [1.807, 2.05) is 0 Å². The molecule has 0 radical (unpaired) electrons. The van der Waals surface area contributed by atoms with Gasteiger partial charge in [-0.15, -0.1) is 0 Å². The number of nitrogens with two attached hydrogens (primary N) is 1. The highest BCUT2D eigenvalue weighted by Gasteiger charge is 2.23. The second-order valence-corrected chi connectivity index (χ2v) is 4.41. The lowest BCUT2D eigenvalue weighted by Crippen LogP contribution is -2.44. The van der Waals surface area contributed by atoms with E-state index in [-0.39, 0.29) is 11.9 Å². The van der Waals surface area contributed by atoms with Gasteiger partial charge >= 0.3 is 0 Å². The Morgan fingerprint density at radius 2 is 2.47 bits per heavy atom. The Morgan fingerprint density at radius 3 is 3.12 bits per heavy atom. The van der Waals surface area contributed by atoms with Gasteiger partial charge in [0.05, 0.1) is 24.3 Å². The van der Waals surface area contributed by atoms with Gasteiger partial charge in [0.2, 0.25) is 0 Å². The van der Waals surface area contributed by atoms with Crippen molar-refractivity contribution in [2.24, 2.45) is 5.73 Å². The standard InChI is InChI=1S/C11H15ClN4O/c1-7-6-17-5-4-16(7)11-9(12)8(10(13)14)2-3-15-11/h2-3,7H,4-6H2,1H3,(H3,13,14). The van der Waals surface area contributed by atoms with Gasteiger partial charge in [-0.05, 0) is 13.0 Å². The van der Waals surface area contributed by atoms with Crippen LogP contribution in [0, 0.1) is 5.41 Å². The zero-order valence-electron chi connectivity index (χ0n) is 9.61. The Bertz CT molecular complexity index is 437. The van der Waals surface area contributed by atoms with Gasteiger partial charge in [-0.1, -0.05) is 11.6 Å². The van der Waals surface area contributed by atoms with Crippen molar-refractivity contribution in [3.05, 3.63) is 22.8 Å². The first kappa shape index (κ1) is 12.1. The quantitative estimate of drug-likeness (QED) is 0.615. The Hall–Kier alpha value is -1.33. The molecule has 1 fully saturated rings. The number of hydrogen-bond donors (Lipinski definition) is 2. The molecular formula is C11H15ClN4O. The molecule has 5 nitrogen and oxygen atoms in total. The molecule has 3 N–H and O–H groups in total. The molecule has 0 aliphatic carbocycles. The molecule has 0 amide bonds. The molecule has 1 unspecified atom stereocenters. The largest absolute Gasteiger partial charge is 0.384 e. The number of nitrogen functional groups attached to an aromatic ring is 1. The summed E-state index contributed by atoms with van der Waals surface area (Å²) in [6, 6.07) is 1.87. The topological polar surface area (TPSA) is 75.2 Å². The molecule has 0 bridgehead atoms. The summed E-state index contributed by atoms with van der Waals surface area (Å²) in [6.07, 6.45) is 1.63. The first-order chi connectivity index (χ1) is 8.11. The fourth-order valence-corrected chi connectivity index (χ4v) is 2.20. The maximum absolute atomic E-state index is 7.46. The van der Waals surface area contributed by atoms with Crippen LogP contribution in [0.4, 0.5) is 5.82 Å². The second kappa shape index (κ2) is 4.89. The third kappa shape index (κ3) is 2.35. The van der Waals surface area contributed by atoms with Gasteiger partial charge < -0.3 is 15.4 Å². The number of rotatable bonds is 2. The molecule has 2 rings (SSSR count). The highest BCUT2D eigenvalue weighted by Crippen LogP contribution is 2.28. The average molecular weight is 255 g/mol. The highest BCUT2D eigenvalue weighted by atomic mass is 35.5. The normalized spacial score (nSPS) is 20.4. The van der Waals surface area contributed by atoms with Crippen molar-refractivity contribution < 1.29 is 4.74 Å². The molecule has 1 saturated heterocycles. The number of aromatic nitrogens is 1. The lowest BCUT2D eigenvalue weighted by atomic mass is 10.2. The fourth-order valence-electron chi connectivity index (χ4n) is 1.88. The van der Waals surface area contributed by atoms with Gasteiger partial charge in [-0.3, -0.25) is 5.41 Å². The van der Waals surface area contributed by atoms with Crippen LogP contribution < -0.4 is 10.6 Å². The Labute approximate surface area is 105 Å². The van der Waals surface area contributed by atoms with Gasteiger partial charge in [0.1, 0.15) is 11.7 Å². The molecule has 1 atom stereocenters. The van der Waals surface area contributed by atoms with E-state index >= 15 is 0 Å². The monoisotopic (exact) mass is 254 g/mol. The zero-order chi connectivity index (χ0) is 12.4. The van der Waals surface area contributed by atoms with Crippen LogP contribution >= 0.6 is 11.6 Å². The first-order valence-electron chi connectivity index (χ1n) is 5.44. The van der Waals surface area contributed by atoms with Crippen LogP contribution in [0.1, 0.15) is 12.5 Å². The van der Waals surface area contributed by atoms with Crippen molar-refractivity contribution in [1.82, 2.24) is 4.98 Å². The molecule has 0 saturated carbocycles. The van der Waals surface area contributed by atoms with E-state index in [1.54, 1.807) is 12.3 Å². The van der Waals surface area contributed by atoms with E-state index < -0.39 is 0 Å². The minimum absolute atomic E-state index is 0.0421. The minimum atomic E-state index is -0.0421. The minimum Gasteiger partial charge on any atom is -0.384 e. The van der Waals surface area contributed by atoms with E-state index in [2.05, 4.69) is 16.8 Å². The van der Waals surface area contributed by atoms with Gasteiger partial charge in [0.15, 0.2) is 0 Å². The number of halogens is 1. The smallest absolute Gasteiger partial charge is 0.148 e. The number of anilines is 1. The third-order valence-corrected chi connectivity index (χ3v) is 3.17. The van der Waals surface area contributed by atoms with E-state index in [0.29, 0.717) is 29.6 Å². The molecular weight excluding hydrogens is 240 g/mol. The highest BCUT2D eigenvalue weighted by molar-refractivity contribution is 6.36. The summed E-state index contributed by atoms with van der Waals surface area (Å²) in [4.78, 5) is 6.36.